The number of halogens is 1. The second-order valence-electron chi connectivity index (χ2n) is 5.07. The molecule has 0 atom stereocenters. The minimum atomic E-state index is 0.275. The smallest absolute Gasteiger partial charge is 0.141 e. The van der Waals surface area contributed by atoms with Crippen LogP contribution < -0.4 is 0 Å². The summed E-state index contributed by atoms with van der Waals surface area (Å²) in [6.45, 7) is 2.27. The van der Waals surface area contributed by atoms with Gasteiger partial charge in [0.1, 0.15) is 5.78 Å². The fourth-order valence-electron chi connectivity index (χ4n) is 2.42. The lowest BCUT2D eigenvalue weighted by atomic mass is 9.80. The Labute approximate surface area is 111 Å². The second kappa shape index (κ2) is 5.76. The summed E-state index contributed by atoms with van der Waals surface area (Å²) in [4.78, 5) is 16.4. The van der Waals surface area contributed by atoms with Crippen LogP contribution in [-0.4, -0.2) is 10.8 Å². The van der Waals surface area contributed by atoms with Crippen molar-refractivity contribution in [2.75, 3.05) is 0 Å². The van der Waals surface area contributed by atoms with Crippen molar-refractivity contribution in [2.45, 2.75) is 39.0 Å². The number of ketones is 1. The van der Waals surface area contributed by atoms with Crippen LogP contribution in [0.25, 0.3) is 0 Å². The maximum absolute atomic E-state index is 12.1. The van der Waals surface area contributed by atoms with E-state index in [-0.39, 0.29) is 5.92 Å². The molecule has 1 heterocycles. The third-order valence-electron chi connectivity index (χ3n) is 3.62. The first-order chi connectivity index (χ1) is 8.15. The highest BCUT2D eigenvalue weighted by atomic mass is 79.9. The fraction of sp³-hybridized carbons (Fsp3) is 0.571. The Morgan fingerprint density at radius 2 is 2.06 bits per heavy atom. The molecule has 1 saturated carbocycles. The van der Waals surface area contributed by atoms with Crippen molar-refractivity contribution in [3.8, 4) is 0 Å². The van der Waals surface area contributed by atoms with Crippen molar-refractivity contribution < 1.29 is 4.79 Å². The van der Waals surface area contributed by atoms with Crippen molar-refractivity contribution in [1.82, 2.24) is 4.98 Å². The van der Waals surface area contributed by atoms with Gasteiger partial charge in [-0.25, -0.2) is 0 Å². The number of aromatic nitrogens is 1. The van der Waals surface area contributed by atoms with Crippen LogP contribution in [0, 0.1) is 11.8 Å². The van der Waals surface area contributed by atoms with Gasteiger partial charge in [-0.15, -0.1) is 0 Å². The summed E-state index contributed by atoms with van der Waals surface area (Å²) in [6, 6.07) is 3.87. The first-order valence-electron chi connectivity index (χ1n) is 6.28. The molecule has 2 nitrogen and oxygen atoms in total. The van der Waals surface area contributed by atoms with Crippen LogP contribution in [0.2, 0.25) is 0 Å². The molecule has 17 heavy (non-hydrogen) atoms. The molecule has 1 aliphatic carbocycles. The van der Waals surface area contributed by atoms with E-state index in [9.17, 15) is 4.79 Å². The maximum Gasteiger partial charge on any atom is 0.141 e. The van der Waals surface area contributed by atoms with E-state index in [1.54, 1.807) is 6.20 Å². The average Bonchev–Trinajstić information content (AvgIpc) is 2.33. The summed E-state index contributed by atoms with van der Waals surface area (Å²) in [5, 5.41) is 0. The number of rotatable bonds is 3. The topological polar surface area (TPSA) is 30.0 Å². The lowest BCUT2D eigenvalue weighted by Crippen LogP contribution is -2.22. The van der Waals surface area contributed by atoms with E-state index in [1.165, 1.54) is 12.8 Å². The van der Waals surface area contributed by atoms with Gasteiger partial charge in [0.05, 0.1) is 0 Å². The molecular weight excluding hydrogens is 278 g/mol. The molecule has 0 aliphatic heterocycles. The zero-order valence-corrected chi connectivity index (χ0v) is 11.7. The molecule has 0 amide bonds. The van der Waals surface area contributed by atoms with Crippen LogP contribution in [0.5, 0.6) is 0 Å². The van der Waals surface area contributed by atoms with Crippen LogP contribution in [-0.2, 0) is 11.2 Å². The summed E-state index contributed by atoms with van der Waals surface area (Å²) in [5.41, 5.74) is 0.886. The van der Waals surface area contributed by atoms with E-state index in [2.05, 4.69) is 27.8 Å². The van der Waals surface area contributed by atoms with Gasteiger partial charge in [0, 0.05) is 28.7 Å². The van der Waals surface area contributed by atoms with Crippen LogP contribution in [0.4, 0.5) is 0 Å². The summed E-state index contributed by atoms with van der Waals surface area (Å²) in [7, 11) is 0. The summed E-state index contributed by atoms with van der Waals surface area (Å²) >= 11 is 3.35. The molecule has 0 saturated heterocycles. The standard InChI is InChI=1S/C14H18BrNO/c1-10-2-4-11(5-3-10)14(17)8-13-7-6-12(15)9-16-13/h6-7,9-11H,2-5,8H2,1H3. The number of carbonyl (C=O) groups excluding carboxylic acids is 1. The van der Waals surface area contributed by atoms with Gasteiger partial charge in [-0.2, -0.15) is 0 Å². The third kappa shape index (κ3) is 3.63. The first kappa shape index (κ1) is 12.7. The molecule has 1 aliphatic rings. The lowest BCUT2D eigenvalue weighted by molar-refractivity contribution is -0.123. The largest absolute Gasteiger partial charge is 0.299 e. The Morgan fingerprint density at radius 1 is 1.35 bits per heavy atom. The highest BCUT2D eigenvalue weighted by Crippen LogP contribution is 2.29. The number of Topliss-reactive ketones (excluding diaryl/α,β-unsaturated/α-hetero) is 1. The van der Waals surface area contributed by atoms with Crippen LogP contribution in [0.1, 0.15) is 38.3 Å². The van der Waals surface area contributed by atoms with E-state index in [0.717, 1.165) is 28.9 Å². The average molecular weight is 296 g/mol. The lowest BCUT2D eigenvalue weighted by Gasteiger charge is -2.24. The van der Waals surface area contributed by atoms with E-state index < -0.39 is 0 Å². The minimum Gasteiger partial charge on any atom is -0.299 e. The zero-order chi connectivity index (χ0) is 12.3. The maximum atomic E-state index is 12.1. The molecule has 0 aromatic carbocycles. The van der Waals surface area contributed by atoms with Crippen molar-refractivity contribution in [2.24, 2.45) is 11.8 Å². The molecule has 3 heteroatoms. The second-order valence-corrected chi connectivity index (χ2v) is 5.98. The highest BCUT2D eigenvalue weighted by molar-refractivity contribution is 9.10. The predicted molar refractivity (Wildman–Crippen MR) is 71.8 cm³/mol. The Kier molecular flexibility index (Phi) is 4.32. The Balaban J connectivity index is 1.90. The van der Waals surface area contributed by atoms with Gasteiger partial charge >= 0.3 is 0 Å². The normalized spacial score (nSPS) is 24.6. The minimum absolute atomic E-state index is 0.275. The first-order valence-corrected chi connectivity index (χ1v) is 7.07. The van der Waals surface area contributed by atoms with Gasteiger partial charge in [-0.3, -0.25) is 9.78 Å². The van der Waals surface area contributed by atoms with Gasteiger partial charge in [-0.1, -0.05) is 19.8 Å². The van der Waals surface area contributed by atoms with Gasteiger partial charge in [-0.05, 0) is 46.8 Å². The van der Waals surface area contributed by atoms with E-state index in [4.69, 9.17) is 0 Å². The van der Waals surface area contributed by atoms with Gasteiger partial charge in [0.2, 0.25) is 0 Å². The highest BCUT2D eigenvalue weighted by Gasteiger charge is 2.24. The number of hydrogen-bond acceptors (Lipinski definition) is 2. The molecule has 0 spiro atoms. The van der Waals surface area contributed by atoms with Gasteiger partial charge < -0.3 is 0 Å². The summed E-state index contributed by atoms with van der Waals surface area (Å²) in [6.07, 6.45) is 6.78. The molecule has 0 unspecified atom stereocenters. The van der Waals surface area contributed by atoms with Crippen LogP contribution in [0.3, 0.4) is 0 Å². The van der Waals surface area contributed by atoms with Crippen molar-refractivity contribution in [1.29, 1.82) is 0 Å². The molecule has 2 rings (SSSR count). The molecule has 1 aromatic rings. The van der Waals surface area contributed by atoms with Gasteiger partial charge in [0.25, 0.3) is 0 Å². The molecule has 0 N–H and O–H groups in total. The van der Waals surface area contributed by atoms with Crippen molar-refractivity contribution in [3.05, 3.63) is 28.5 Å². The Hall–Kier alpha value is -0.700. The fourth-order valence-corrected chi connectivity index (χ4v) is 2.65. The monoisotopic (exact) mass is 295 g/mol. The van der Waals surface area contributed by atoms with Crippen molar-refractivity contribution >= 4 is 21.7 Å². The Morgan fingerprint density at radius 3 is 2.65 bits per heavy atom. The molecular formula is C14H18BrNO. The number of pyridine rings is 1. The zero-order valence-electron chi connectivity index (χ0n) is 10.2. The van der Waals surface area contributed by atoms with Crippen molar-refractivity contribution in [3.63, 3.8) is 0 Å². The third-order valence-corrected chi connectivity index (χ3v) is 4.08. The van der Waals surface area contributed by atoms with E-state index >= 15 is 0 Å². The quantitative estimate of drug-likeness (QED) is 0.849. The van der Waals surface area contributed by atoms with Crippen LogP contribution >= 0.6 is 15.9 Å². The molecule has 0 radical (unpaired) electrons. The number of nitrogens with zero attached hydrogens (tertiary/aromatic N) is 1. The molecule has 1 aromatic heterocycles. The molecule has 92 valence electrons. The number of carbonyl (C=O) groups is 1. The number of hydrogen-bond donors (Lipinski definition) is 0. The molecule has 1 fully saturated rings. The Bertz CT molecular complexity index is 380. The summed E-state index contributed by atoms with van der Waals surface area (Å²) < 4.78 is 0.959. The SMILES string of the molecule is CC1CCC(C(=O)Cc2ccc(Br)cn2)CC1. The van der Waals surface area contributed by atoms with E-state index in [1.807, 2.05) is 12.1 Å². The predicted octanol–water partition coefficient (Wildman–Crippen LogP) is 3.78. The van der Waals surface area contributed by atoms with Crippen LogP contribution in [0.15, 0.2) is 22.8 Å². The summed E-state index contributed by atoms with van der Waals surface area (Å²) in [5.74, 6) is 1.44. The van der Waals surface area contributed by atoms with Gasteiger partial charge in [0.15, 0.2) is 0 Å². The van der Waals surface area contributed by atoms with E-state index in [0.29, 0.717) is 12.2 Å². The molecule has 0 bridgehead atoms.